The van der Waals surface area contributed by atoms with Crippen LogP contribution in [0.3, 0.4) is 0 Å². The summed E-state index contributed by atoms with van der Waals surface area (Å²) in [5.41, 5.74) is 2.52. The van der Waals surface area contributed by atoms with Gasteiger partial charge in [0.15, 0.2) is 0 Å². The SMILES string of the molecule is Cc1ccc(CN(C(=O)CCCN(c2ccc(Cl)cc2)S(C)(=O)=O)C(C)C(=O)NCC(C)C)cc1. The summed E-state index contributed by atoms with van der Waals surface area (Å²) in [6.45, 7) is 8.69. The van der Waals surface area contributed by atoms with Gasteiger partial charge in [-0.05, 0) is 56.0 Å². The number of aryl methyl sites for hydroxylation is 1. The zero-order valence-electron chi connectivity index (χ0n) is 21.1. The largest absolute Gasteiger partial charge is 0.354 e. The maximum Gasteiger partial charge on any atom is 0.242 e. The van der Waals surface area contributed by atoms with Crippen LogP contribution >= 0.6 is 11.6 Å². The van der Waals surface area contributed by atoms with Crippen molar-refractivity contribution in [3.63, 3.8) is 0 Å². The number of nitrogens with one attached hydrogen (secondary N) is 1. The van der Waals surface area contributed by atoms with Crippen LogP contribution in [0.5, 0.6) is 0 Å². The van der Waals surface area contributed by atoms with Crippen LogP contribution in [0.1, 0.15) is 44.7 Å². The van der Waals surface area contributed by atoms with Crippen molar-refractivity contribution in [2.75, 3.05) is 23.7 Å². The lowest BCUT2D eigenvalue weighted by Crippen LogP contribution is -2.48. The number of anilines is 1. The van der Waals surface area contributed by atoms with E-state index in [-0.39, 0.29) is 24.8 Å². The fourth-order valence-electron chi connectivity index (χ4n) is 3.54. The zero-order valence-corrected chi connectivity index (χ0v) is 22.7. The molecule has 0 saturated carbocycles. The standard InChI is InChI=1S/C26H36ClN3O4S/c1-19(2)17-28-26(32)21(4)29(18-22-10-8-20(3)9-11-22)25(31)7-6-16-30(35(5,33)34)24-14-12-23(27)13-15-24/h8-15,19,21H,6-7,16-18H2,1-5H3,(H,28,32). The van der Waals surface area contributed by atoms with Gasteiger partial charge in [0.2, 0.25) is 21.8 Å². The molecule has 0 aliphatic carbocycles. The summed E-state index contributed by atoms with van der Waals surface area (Å²) in [5.74, 6) is -0.123. The summed E-state index contributed by atoms with van der Waals surface area (Å²) < 4.78 is 26.0. The molecule has 2 rings (SSSR count). The van der Waals surface area contributed by atoms with Crippen LogP contribution < -0.4 is 9.62 Å². The van der Waals surface area contributed by atoms with Gasteiger partial charge in [-0.1, -0.05) is 55.3 Å². The Morgan fingerprint density at radius 2 is 1.60 bits per heavy atom. The summed E-state index contributed by atoms with van der Waals surface area (Å²) in [7, 11) is -3.55. The van der Waals surface area contributed by atoms with Crippen molar-refractivity contribution in [1.82, 2.24) is 10.2 Å². The summed E-state index contributed by atoms with van der Waals surface area (Å²) >= 11 is 5.93. The van der Waals surface area contributed by atoms with Gasteiger partial charge in [0.05, 0.1) is 11.9 Å². The first-order valence-corrected chi connectivity index (χ1v) is 14.0. The van der Waals surface area contributed by atoms with E-state index in [0.29, 0.717) is 36.1 Å². The molecule has 1 N–H and O–H groups in total. The summed E-state index contributed by atoms with van der Waals surface area (Å²) in [6, 6.07) is 13.7. The molecule has 0 aliphatic heterocycles. The minimum atomic E-state index is -3.55. The maximum atomic E-state index is 13.3. The molecular weight excluding hydrogens is 486 g/mol. The van der Waals surface area contributed by atoms with Gasteiger partial charge in [0, 0.05) is 31.1 Å². The van der Waals surface area contributed by atoms with Gasteiger partial charge in [-0.3, -0.25) is 13.9 Å². The van der Waals surface area contributed by atoms with Gasteiger partial charge in [-0.2, -0.15) is 0 Å². The van der Waals surface area contributed by atoms with Crippen molar-refractivity contribution >= 4 is 39.1 Å². The average Bonchev–Trinajstić information content (AvgIpc) is 2.79. The number of benzene rings is 2. The molecule has 1 unspecified atom stereocenters. The van der Waals surface area contributed by atoms with E-state index in [1.54, 1.807) is 36.1 Å². The minimum Gasteiger partial charge on any atom is -0.354 e. The fraction of sp³-hybridized carbons (Fsp3) is 0.462. The molecule has 0 spiro atoms. The van der Waals surface area contributed by atoms with Gasteiger partial charge >= 0.3 is 0 Å². The molecule has 2 aromatic carbocycles. The topological polar surface area (TPSA) is 86.8 Å². The molecule has 9 heteroatoms. The van der Waals surface area contributed by atoms with Crippen LogP contribution in [0.25, 0.3) is 0 Å². The highest BCUT2D eigenvalue weighted by atomic mass is 35.5. The number of amides is 2. The lowest BCUT2D eigenvalue weighted by atomic mass is 10.1. The van der Waals surface area contributed by atoms with E-state index in [1.165, 1.54) is 4.31 Å². The summed E-state index contributed by atoms with van der Waals surface area (Å²) in [4.78, 5) is 27.6. The van der Waals surface area contributed by atoms with Crippen LogP contribution in [-0.4, -0.2) is 50.5 Å². The van der Waals surface area contributed by atoms with E-state index >= 15 is 0 Å². The van der Waals surface area contributed by atoms with Gasteiger partial charge < -0.3 is 10.2 Å². The zero-order chi connectivity index (χ0) is 26.2. The smallest absolute Gasteiger partial charge is 0.242 e. The van der Waals surface area contributed by atoms with Gasteiger partial charge in [-0.15, -0.1) is 0 Å². The number of carbonyl (C=O) groups excluding carboxylic acids is 2. The van der Waals surface area contributed by atoms with Crippen LogP contribution in [0, 0.1) is 12.8 Å². The number of hydrogen-bond acceptors (Lipinski definition) is 4. The molecule has 1 atom stereocenters. The third-order valence-corrected chi connectivity index (χ3v) is 7.04. The van der Waals surface area contributed by atoms with E-state index in [1.807, 2.05) is 45.0 Å². The Morgan fingerprint density at radius 1 is 1.00 bits per heavy atom. The average molecular weight is 522 g/mol. The van der Waals surface area contributed by atoms with Crippen molar-refractivity contribution in [2.24, 2.45) is 5.92 Å². The molecule has 2 aromatic rings. The van der Waals surface area contributed by atoms with E-state index in [2.05, 4.69) is 5.32 Å². The Morgan fingerprint density at radius 3 is 2.14 bits per heavy atom. The monoisotopic (exact) mass is 521 g/mol. The van der Waals surface area contributed by atoms with Crippen LogP contribution in [-0.2, 0) is 26.2 Å². The van der Waals surface area contributed by atoms with E-state index in [9.17, 15) is 18.0 Å². The number of sulfonamides is 1. The number of halogens is 1. The number of nitrogens with zero attached hydrogens (tertiary/aromatic N) is 2. The molecule has 192 valence electrons. The Balaban J connectivity index is 2.14. The first kappa shape index (κ1) is 28.7. The highest BCUT2D eigenvalue weighted by molar-refractivity contribution is 7.92. The third kappa shape index (κ3) is 9.18. The second kappa shape index (κ2) is 12.9. The van der Waals surface area contributed by atoms with E-state index < -0.39 is 16.1 Å². The second-order valence-corrected chi connectivity index (χ2v) is 11.6. The maximum absolute atomic E-state index is 13.3. The van der Waals surface area contributed by atoms with Crippen LogP contribution in [0.4, 0.5) is 5.69 Å². The first-order valence-electron chi connectivity index (χ1n) is 11.7. The minimum absolute atomic E-state index is 0.104. The van der Waals surface area contributed by atoms with E-state index in [4.69, 9.17) is 11.6 Å². The van der Waals surface area contributed by atoms with Crippen molar-refractivity contribution < 1.29 is 18.0 Å². The molecule has 0 aliphatic rings. The Kier molecular flexibility index (Phi) is 10.6. The summed E-state index contributed by atoms with van der Waals surface area (Å²) in [6.07, 6.45) is 1.54. The molecular formula is C26H36ClN3O4S. The molecule has 7 nitrogen and oxygen atoms in total. The Bertz CT molecular complexity index is 1090. The van der Waals surface area contributed by atoms with E-state index in [0.717, 1.165) is 17.4 Å². The Hall–Kier alpha value is -2.58. The lowest BCUT2D eigenvalue weighted by Gasteiger charge is -2.29. The summed E-state index contributed by atoms with van der Waals surface area (Å²) in [5, 5.41) is 3.41. The quantitative estimate of drug-likeness (QED) is 0.449. The molecule has 0 heterocycles. The van der Waals surface area contributed by atoms with Gasteiger partial charge in [0.1, 0.15) is 6.04 Å². The van der Waals surface area contributed by atoms with Crippen molar-refractivity contribution in [3.05, 3.63) is 64.7 Å². The number of hydrogen-bond donors (Lipinski definition) is 1. The Labute approximate surface area is 214 Å². The van der Waals surface area contributed by atoms with Crippen molar-refractivity contribution in [2.45, 2.75) is 53.1 Å². The second-order valence-electron chi connectivity index (χ2n) is 9.24. The van der Waals surface area contributed by atoms with Crippen molar-refractivity contribution in [3.8, 4) is 0 Å². The fourth-order valence-corrected chi connectivity index (χ4v) is 4.63. The number of carbonyl (C=O) groups is 2. The highest BCUT2D eigenvalue weighted by Crippen LogP contribution is 2.21. The van der Waals surface area contributed by atoms with Gasteiger partial charge in [0.25, 0.3) is 0 Å². The molecule has 0 fully saturated rings. The van der Waals surface area contributed by atoms with Crippen LogP contribution in [0.15, 0.2) is 48.5 Å². The van der Waals surface area contributed by atoms with Gasteiger partial charge in [-0.25, -0.2) is 8.42 Å². The predicted octanol–water partition coefficient (Wildman–Crippen LogP) is 4.38. The molecule has 0 saturated heterocycles. The number of rotatable bonds is 12. The first-order chi connectivity index (χ1) is 16.4. The molecule has 0 radical (unpaired) electrons. The molecule has 0 aromatic heterocycles. The normalized spacial score (nSPS) is 12.3. The third-order valence-electron chi connectivity index (χ3n) is 5.59. The molecule has 35 heavy (non-hydrogen) atoms. The highest BCUT2D eigenvalue weighted by Gasteiger charge is 2.26. The van der Waals surface area contributed by atoms with Crippen LogP contribution in [0.2, 0.25) is 5.02 Å². The predicted molar refractivity (Wildman–Crippen MR) is 142 cm³/mol. The molecule has 0 bridgehead atoms. The van der Waals surface area contributed by atoms with Crippen molar-refractivity contribution in [1.29, 1.82) is 0 Å². The lowest BCUT2D eigenvalue weighted by molar-refractivity contribution is -0.140. The molecule has 2 amide bonds.